The highest BCUT2D eigenvalue weighted by molar-refractivity contribution is 6.30. The van der Waals surface area contributed by atoms with Crippen LogP contribution in [0, 0.1) is 17.7 Å². The van der Waals surface area contributed by atoms with Crippen molar-refractivity contribution in [3.8, 4) is 23.0 Å². The SMILES string of the molecule is CC[C@H](Nc1nc2nc(-c3n[nH]c(=O)o3)nc(-c3cccc(Cl)c3)c2n1C[C@H]1CC[C@H](C)CC1)c1cccc(F)c1. The van der Waals surface area contributed by atoms with Crippen LogP contribution in [0.2, 0.25) is 5.02 Å². The third kappa shape index (κ3) is 5.74. The average Bonchev–Trinajstić information content (AvgIpc) is 3.55. The minimum absolute atomic E-state index is 0.0308. The first-order chi connectivity index (χ1) is 19.9. The van der Waals surface area contributed by atoms with Crippen LogP contribution < -0.4 is 11.1 Å². The maximum atomic E-state index is 14.2. The Morgan fingerprint density at radius 3 is 2.63 bits per heavy atom. The lowest BCUT2D eigenvalue weighted by atomic mass is 9.83. The number of rotatable bonds is 8. The fraction of sp³-hybridized carbons (Fsp3) is 0.367. The molecule has 5 aromatic rings. The topological polar surface area (TPSA) is 115 Å². The number of aromatic nitrogens is 6. The maximum absolute atomic E-state index is 14.2. The molecule has 1 atom stereocenters. The van der Waals surface area contributed by atoms with Gasteiger partial charge in [-0.05, 0) is 60.9 Å². The molecule has 0 spiro atoms. The fourth-order valence-corrected chi connectivity index (χ4v) is 5.84. The van der Waals surface area contributed by atoms with E-state index in [0.29, 0.717) is 34.7 Å². The number of hydrogen-bond acceptors (Lipinski definition) is 7. The molecule has 0 saturated heterocycles. The second kappa shape index (κ2) is 11.4. The highest BCUT2D eigenvalue weighted by Crippen LogP contribution is 2.36. The number of fused-ring (bicyclic) bond motifs is 1. The molecule has 3 aromatic heterocycles. The zero-order valence-electron chi connectivity index (χ0n) is 22.9. The van der Waals surface area contributed by atoms with E-state index in [2.05, 4.69) is 32.0 Å². The Hall–Kier alpha value is -4.05. The van der Waals surface area contributed by atoms with E-state index in [9.17, 15) is 9.18 Å². The van der Waals surface area contributed by atoms with Crippen LogP contribution in [0.5, 0.6) is 0 Å². The van der Waals surface area contributed by atoms with Crippen molar-refractivity contribution in [2.45, 2.75) is 58.5 Å². The van der Waals surface area contributed by atoms with Gasteiger partial charge in [-0.15, -0.1) is 5.10 Å². The Bertz CT molecular complexity index is 1740. The Morgan fingerprint density at radius 1 is 1.12 bits per heavy atom. The highest BCUT2D eigenvalue weighted by Gasteiger charge is 2.26. The molecule has 1 aliphatic carbocycles. The number of anilines is 1. The van der Waals surface area contributed by atoms with E-state index in [1.807, 2.05) is 31.2 Å². The van der Waals surface area contributed by atoms with Gasteiger partial charge in [0.1, 0.15) is 17.0 Å². The number of nitrogens with zero attached hydrogens (tertiary/aromatic N) is 5. The van der Waals surface area contributed by atoms with Crippen molar-refractivity contribution in [1.82, 2.24) is 29.7 Å². The minimum Gasteiger partial charge on any atom is -0.384 e. The Labute approximate surface area is 241 Å². The first kappa shape index (κ1) is 27.1. The zero-order valence-corrected chi connectivity index (χ0v) is 23.7. The monoisotopic (exact) mass is 575 g/mol. The molecule has 2 aromatic carbocycles. The molecule has 0 aliphatic heterocycles. The van der Waals surface area contributed by atoms with Gasteiger partial charge in [0.15, 0.2) is 5.65 Å². The molecular weight excluding hydrogens is 545 g/mol. The molecule has 1 saturated carbocycles. The third-order valence-corrected chi connectivity index (χ3v) is 8.10. The molecule has 11 heteroatoms. The summed E-state index contributed by atoms with van der Waals surface area (Å²) in [5, 5.41) is 10.4. The summed E-state index contributed by atoms with van der Waals surface area (Å²) in [4.78, 5) is 26.2. The van der Waals surface area contributed by atoms with Crippen molar-refractivity contribution in [3.05, 3.63) is 75.5 Å². The normalized spacial score (nSPS) is 18.0. The largest absolute Gasteiger partial charge is 0.434 e. The molecule has 1 aliphatic rings. The number of halogens is 2. The van der Waals surface area contributed by atoms with Gasteiger partial charge in [-0.1, -0.05) is 62.6 Å². The maximum Gasteiger partial charge on any atom is 0.434 e. The van der Waals surface area contributed by atoms with Gasteiger partial charge >= 0.3 is 5.76 Å². The molecular formula is C30H31ClFN7O2. The zero-order chi connectivity index (χ0) is 28.5. The Balaban J connectivity index is 1.54. The van der Waals surface area contributed by atoms with Gasteiger partial charge in [0.05, 0.1) is 6.04 Å². The Morgan fingerprint density at radius 2 is 1.93 bits per heavy atom. The molecule has 0 amide bonds. The van der Waals surface area contributed by atoms with Crippen molar-refractivity contribution < 1.29 is 8.81 Å². The molecule has 212 valence electrons. The van der Waals surface area contributed by atoms with Crippen LogP contribution >= 0.6 is 11.6 Å². The number of nitrogens with one attached hydrogen (secondary N) is 2. The third-order valence-electron chi connectivity index (χ3n) is 7.87. The van der Waals surface area contributed by atoms with Gasteiger partial charge in [0, 0.05) is 17.1 Å². The predicted molar refractivity (Wildman–Crippen MR) is 156 cm³/mol. The van der Waals surface area contributed by atoms with Gasteiger partial charge in [-0.3, -0.25) is 0 Å². The standard InChI is InChI=1S/C30H31ClFN7O2/c1-3-23(19-6-5-9-22(32)15-19)33-29-36-26-25(39(29)16-18-12-10-17(2)11-13-18)24(20-7-4-8-21(31)14-20)34-27(35-26)28-37-38-30(40)41-28/h4-9,14-15,17-18,23H,3,10-13,16H2,1-2H3,(H,38,40)(H,33,34,35,36)/t17-,18-,23-/m0/s1. The van der Waals surface area contributed by atoms with E-state index in [1.165, 1.54) is 18.9 Å². The summed E-state index contributed by atoms with van der Waals surface area (Å²) in [5.74, 6) is 0.905. The van der Waals surface area contributed by atoms with Gasteiger partial charge in [-0.25, -0.2) is 24.3 Å². The van der Waals surface area contributed by atoms with Crippen molar-refractivity contribution >= 4 is 28.7 Å². The summed E-state index contributed by atoms with van der Waals surface area (Å²) in [6, 6.07) is 13.9. The van der Waals surface area contributed by atoms with Crippen LogP contribution in [0.25, 0.3) is 34.1 Å². The summed E-state index contributed by atoms with van der Waals surface area (Å²) < 4.78 is 21.5. The number of imidazole rings is 1. The van der Waals surface area contributed by atoms with E-state index >= 15 is 0 Å². The molecule has 3 heterocycles. The fourth-order valence-electron chi connectivity index (χ4n) is 5.65. The lowest BCUT2D eigenvalue weighted by Crippen LogP contribution is -2.20. The summed E-state index contributed by atoms with van der Waals surface area (Å²) >= 11 is 6.40. The van der Waals surface area contributed by atoms with Crippen molar-refractivity contribution in [2.24, 2.45) is 11.8 Å². The molecule has 6 rings (SSSR count). The number of hydrogen-bond donors (Lipinski definition) is 2. The van der Waals surface area contributed by atoms with Crippen LogP contribution in [0.1, 0.15) is 57.6 Å². The highest BCUT2D eigenvalue weighted by atomic mass is 35.5. The van der Waals surface area contributed by atoms with E-state index in [1.54, 1.807) is 18.2 Å². The number of aromatic amines is 1. The summed E-state index contributed by atoms with van der Waals surface area (Å²) in [6.07, 6.45) is 5.31. The molecule has 0 unspecified atom stereocenters. The molecule has 0 bridgehead atoms. The van der Waals surface area contributed by atoms with E-state index in [0.717, 1.165) is 41.9 Å². The second-order valence-electron chi connectivity index (χ2n) is 10.8. The predicted octanol–water partition coefficient (Wildman–Crippen LogP) is 7.02. The second-order valence-corrected chi connectivity index (χ2v) is 11.3. The van der Waals surface area contributed by atoms with Crippen LogP contribution in [0.3, 0.4) is 0 Å². The lowest BCUT2D eigenvalue weighted by Gasteiger charge is -2.28. The number of H-pyrrole nitrogens is 1. The summed E-state index contributed by atoms with van der Waals surface area (Å²) in [6.45, 7) is 5.08. The first-order valence-corrected chi connectivity index (χ1v) is 14.4. The molecule has 1 fully saturated rings. The van der Waals surface area contributed by atoms with E-state index in [-0.39, 0.29) is 23.6 Å². The van der Waals surface area contributed by atoms with Gasteiger partial charge < -0.3 is 14.3 Å². The van der Waals surface area contributed by atoms with Gasteiger partial charge in [0.25, 0.3) is 5.89 Å². The average molecular weight is 576 g/mol. The van der Waals surface area contributed by atoms with Crippen molar-refractivity contribution in [2.75, 3.05) is 5.32 Å². The minimum atomic E-state index is -0.701. The van der Waals surface area contributed by atoms with E-state index < -0.39 is 5.76 Å². The van der Waals surface area contributed by atoms with Crippen LogP contribution in [-0.2, 0) is 6.54 Å². The number of benzene rings is 2. The summed E-state index contributed by atoms with van der Waals surface area (Å²) in [5.41, 5.74) is 3.37. The molecule has 2 N–H and O–H groups in total. The van der Waals surface area contributed by atoms with Crippen LogP contribution in [0.15, 0.2) is 57.7 Å². The van der Waals surface area contributed by atoms with Crippen LogP contribution in [-0.4, -0.2) is 29.7 Å². The first-order valence-electron chi connectivity index (χ1n) is 14.0. The van der Waals surface area contributed by atoms with E-state index in [4.69, 9.17) is 26.0 Å². The van der Waals surface area contributed by atoms with Crippen molar-refractivity contribution in [3.63, 3.8) is 0 Å². The van der Waals surface area contributed by atoms with Gasteiger partial charge in [0.2, 0.25) is 11.8 Å². The Kier molecular flexibility index (Phi) is 7.57. The van der Waals surface area contributed by atoms with Gasteiger partial charge in [-0.2, -0.15) is 4.98 Å². The molecule has 41 heavy (non-hydrogen) atoms. The smallest absolute Gasteiger partial charge is 0.384 e. The molecule has 9 nitrogen and oxygen atoms in total. The van der Waals surface area contributed by atoms with Crippen LogP contribution in [0.4, 0.5) is 10.3 Å². The van der Waals surface area contributed by atoms with Crippen molar-refractivity contribution in [1.29, 1.82) is 0 Å². The lowest BCUT2D eigenvalue weighted by molar-refractivity contribution is 0.267. The quantitative estimate of drug-likeness (QED) is 0.204. The molecule has 0 radical (unpaired) electrons. The summed E-state index contributed by atoms with van der Waals surface area (Å²) in [7, 11) is 0.